The fourth-order valence-electron chi connectivity index (χ4n) is 1.75. The van der Waals surface area contributed by atoms with Crippen molar-refractivity contribution in [2.24, 2.45) is 7.05 Å². The van der Waals surface area contributed by atoms with E-state index in [0.717, 1.165) is 5.39 Å². The Kier molecular flexibility index (Phi) is 2.59. The molecule has 1 heterocycles. The van der Waals surface area contributed by atoms with Gasteiger partial charge in [-0.2, -0.15) is 0 Å². The van der Waals surface area contributed by atoms with Gasteiger partial charge in [-0.1, -0.05) is 12.1 Å². The van der Waals surface area contributed by atoms with Gasteiger partial charge >= 0.3 is 0 Å². The minimum Gasteiger partial charge on any atom is -0.495 e. The number of rotatable bonds is 2. The van der Waals surface area contributed by atoms with E-state index in [1.807, 2.05) is 6.07 Å². The summed E-state index contributed by atoms with van der Waals surface area (Å²) in [5, 5.41) is 0.842. The van der Waals surface area contributed by atoms with Crippen molar-refractivity contribution in [3.05, 3.63) is 24.3 Å². The first kappa shape index (κ1) is 11.3. The molecule has 4 nitrogen and oxygen atoms in total. The zero-order valence-corrected chi connectivity index (χ0v) is 10.3. The predicted octanol–water partition coefficient (Wildman–Crippen LogP) is 2.11. The predicted molar refractivity (Wildman–Crippen MR) is 62.5 cm³/mol. The second kappa shape index (κ2) is 3.68. The third-order valence-electron chi connectivity index (χ3n) is 2.44. The molecule has 0 aliphatic rings. The maximum atomic E-state index is 11.3. The van der Waals surface area contributed by atoms with E-state index >= 15 is 0 Å². The first-order chi connectivity index (χ1) is 7.45. The maximum Gasteiger partial charge on any atom is 0.276 e. The van der Waals surface area contributed by atoms with Crippen molar-refractivity contribution < 1.29 is 13.2 Å². The third kappa shape index (κ3) is 1.66. The van der Waals surface area contributed by atoms with Crippen molar-refractivity contribution >= 4 is 30.6 Å². The molecule has 0 fully saturated rings. The number of nitrogens with zero attached hydrogens (tertiary/aromatic N) is 1. The average Bonchev–Trinajstić information content (AvgIpc) is 2.56. The number of methoxy groups -OCH3 is 1. The molecule has 0 aliphatic heterocycles. The lowest BCUT2D eigenvalue weighted by atomic mass is 10.2. The molecule has 0 aliphatic carbocycles. The average molecular weight is 260 g/mol. The first-order valence-electron chi connectivity index (χ1n) is 4.52. The third-order valence-corrected chi connectivity index (χ3v) is 3.81. The molecule has 0 atom stereocenters. The van der Waals surface area contributed by atoms with Crippen LogP contribution in [0.5, 0.6) is 5.75 Å². The second-order valence-electron chi connectivity index (χ2n) is 3.38. The number of ether oxygens (including phenoxy) is 1. The van der Waals surface area contributed by atoms with E-state index in [1.165, 1.54) is 17.7 Å². The van der Waals surface area contributed by atoms with E-state index in [-0.39, 0.29) is 5.03 Å². The van der Waals surface area contributed by atoms with E-state index < -0.39 is 9.05 Å². The Labute approximate surface area is 97.8 Å². The lowest BCUT2D eigenvalue weighted by Crippen LogP contribution is -2.00. The summed E-state index contributed by atoms with van der Waals surface area (Å²) < 4.78 is 29.3. The van der Waals surface area contributed by atoms with E-state index in [4.69, 9.17) is 15.4 Å². The highest BCUT2D eigenvalue weighted by atomic mass is 35.7. The molecule has 16 heavy (non-hydrogen) atoms. The minimum absolute atomic E-state index is 0.0636. The minimum atomic E-state index is -3.74. The standard InChI is InChI=1S/C10H10ClNO3S/c1-12-9(16(11,13)14)6-7-4-3-5-8(15-2)10(7)12/h3-6H,1-2H3. The Balaban J connectivity index is 2.89. The Hall–Kier alpha value is -1.20. The van der Waals surface area contributed by atoms with Gasteiger partial charge in [0.2, 0.25) is 0 Å². The molecule has 0 unspecified atom stereocenters. The number of halogens is 1. The number of fused-ring (bicyclic) bond motifs is 1. The lowest BCUT2D eigenvalue weighted by Gasteiger charge is -2.05. The molecule has 1 aromatic heterocycles. The molecule has 0 saturated carbocycles. The fraction of sp³-hybridized carbons (Fsp3) is 0.200. The number of para-hydroxylation sites is 1. The molecule has 0 saturated heterocycles. The summed E-state index contributed by atoms with van der Waals surface area (Å²) in [4.78, 5) is 0. The smallest absolute Gasteiger partial charge is 0.276 e. The highest BCUT2D eigenvalue weighted by Crippen LogP contribution is 2.30. The normalized spacial score (nSPS) is 11.9. The van der Waals surface area contributed by atoms with Crippen molar-refractivity contribution in [2.75, 3.05) is 7.11 Å². The zero-order chi connectivity index (χ0) is 11.9. The van der Waals surface area contributed by atoms with Crippen LogP contribution in [0.2, 0.25) is 0 Å². The van der Waals surface area contributed by atoms with Gasteiger partial charge in [0, 0.05) is 23.1 Å². The molecule has 0 radical (unpaired) electrons. The summed E-state index contributed by atoms with van der Waals surface area (Å²) in [6, 6.07) is 6.91. The molecule has 0 amide bonds. The number of aryl methyl sites for hydroxylation is 1. The summed E-state index contributed by atoms with van der Waals surface area (Å²) in [7, 11) is 4.78. The molecular formula is C10H10ClNO3S. The Morgan fingerprint density at radius 2 is 2.06 bits per heavy atom. The van der Waals surface area contributed by atoms with Gasteiger partial charge < -0.3 is 9.30 Å². The quantitative estimate of drug-likeness (QED) is 0.776. The number of aromatic nitrogens is 1. The van der Waals surface area contributed by atoms with Crippen molar-refractivity contribution in [3.63, 3.8) is 0 Å². The van der Waals surface area contributed by atoms with Crippen molar-refractivity contribution in [1.82, 2.24) is 4.57 Å². The van der Waals surface area contributed by atoms with Crippen LogP contribution in [-0.4, -0.2) is 20.1 Å². The summed E-state index contributed by atoms with van der Waals surface area (Å²) in [6.45, 7) is 0. The van der Waals surface area contributed by atoms with E-state index in [0.29, 0.717) is 11.3 Å². The zero-order valence-electron chi connectivity index (χ0n) is 8.77. The van der Waals surface area contributed by atoms with Crippen LogP contribution in [-0.2, 0) is 16.1 Å². The lowest BCUT2D eigenvalue weighted by molar-refractivity contribution is 0.417. The van der Waals surface area contributed by atoms with Crippen molar-refractivity contribution in [3.8, 4) is 5.75 Å². The summed E-state index contributed by atoms with van der Waals surface area (Å²) >= 11 is 0. The number of hydrogen-bond donors (Lipinski definition) is 0. The van der Waals surface area contributed by atoms with Gasteiger partial charge in [-0.3, -0.25) is 0 Å². The van der Waals surface area contributed by atoms with Crippen molar-refractivity contribution in [1.29, 1.82) is 0 Å². The van der Waals surface area contributed by atoms with Crippen LogP contribution in [0.25, 0.3) is 10.9 Å². The number of hydrogen-bond acceptors (Lipinski definition) is 3. The number of benzene rings is 1. The van der Waals surface area contributed by atoms with E-state index in [1.54, 1.807) is 19.2 Å². The van der Waals surface area contributed by atoms with Crippen LogP contribution >= 0.6 is 10.7 Å². The summed E-state index contributed by atoms with van der Waals surface area (Å²) in [5.41, 5.74) is 0.712. The molecule has 0 spiro atoms. The van der Waals surface area contributed by atoms with Crippen LogP contribution in [0.15, 0.2) is 29.3 Å². The van der Waals surface area contributed by atoms with Crippen LogP contribution in [0.1, 0.15) is 0 Å². The van der Waals surface area contributed by atoms with Crippen LogP contribution in [0, 0.1) is 0 Å². The Morgan fingerprint density at radius 3 is 2.62 bits per heavy atom. The molecule has 86 valence electrons. The van der Waals surface area contributed by atoms with Gasteiger partial charge in [-0.05, 0) is 12.1 Å². The van der Waals surface area contributed by atoms with Gasteiger partial charge in [0.25, 0.3) is 9.05 Å². The van der Waals surface area contributed by atoms with E-state index in [2.05, 4.69) is 0 Å². The fourth-order valence-corrected chi connectivity index (χ4v) is 2.88. The van der Waals surface area contributed by atoms with Gasteiger partial charge in [-0.25, -0.2) is 8.42 Å². The van der Waals surface area contributed by atoms with Crippen LogP contribution in [0.4, 0.5) is 0 Å². The van der Waals surface area contributed by atoms with Gasteiger partial charge in [0.05, 0.1) is 12.6 Å². The highest BCUT2D eigenvalue weighted by Gasteiger charge is 2.18. The molecule has 6 heteroatoms. The molecule has 2 aromatic rings. The van der Waals surface area contributed by atoms with Crippen LogP contribution in [0.3, 0.4) is 0 Å². The second-order valence-corrected chi connectivity index (χ2v) is 5.89. The van der Waals surface area contributed by atoms with E-state index in [9.17, 15) is 8.42 Å². The molecule has 0 N–H and O–H groups in total. The topological polar surface area (TPSA) is 48.3 Å². The monoisotopic (exact) mass is 259 g/mol. The molecule has 1 aromatic carbocycles. The van der Waals surface area contributed by atoms with Gasteiger partial charge in [-0.15, -0.1) is 0 Å². The Morgan fingerprint density at radius 1 is 1.38 bits per heavy atom. The molecule has 0 bridgehead atoms. The van der Waals surface area contributed by atoms with Crippen LogP contribution < -0.4 is 4.74 Å². The SMILES string of the molecule is COc1cccc2cc(S(=O)(=O)Cl)n(C)c12. The summed E-state index contributed by atoms with van der Waals surface area (Å²) in [6.07, 6.45) is 0. The Bertz CT molecular complexity index is 645. The van der Waals surface area contributed by atoms with Crippen molar-refractivity contribution in [2.45, 2.75) is 5.03 Å². The van der Waals surface area contributed by atoms with Gasteiger partial charge in [0.1, 0.15) is 5.75 Å². The largest absolute Gasteiger partial charge is 0.495 e. The molecular weight excluding hydrogens is 250 g/mol. The molecule has 2 rings (SSSR count). The van der Waals surface area contributed by atoms with Gasteiger partial charge in [0.15, 0.2) is 5.03 Å². The maximum absolute atomic E-state index is 11.3. The highest BCUT2D eigenvalue weighted by molar-refractivity contribution is 8.13. The summed E-state index contributed by atoms with van der Waals surface area (Å²) in [5.74, 6) is 0.617. The first-order valence-corrected chi connectivity index (χ1v) is 6.83.